The molecule has 1 aliphatic rings. The third kappa shape index (κ3) is 4.21. The minimum atomic E-state index is 0.125. The maximum atomic E-state index is 5.99. The van der Waals surface area contributed by atoms with Crippen molar-refractivity contribution in [3.05, 3.63) is 41.4 Å². The zero-order valence-electron chi connectivity index (χ0n) is 15.3. The topological polar surface area (TPSA) is 39.9 Å². The summed E-state index contributed by atoms with van der Waals surface area (Å²) in [7, 11) is 3.74. The first-order valence-corrected chi connectivity index (χ1v) is 10.0. The van der Waals surface area contributed by atoms with Crippen LogP contribution in [0.4, 0.5) is 0 Å². The van der Waals surface area contributed by atoms with Crippen LogP contribution in [0.5, 0.6) is 0 Å². The summed E-state index contributed by atoms with van der Waals surface area (Å²) in [5.74, 6) is 2.64. The average Bonchev–Trinajstić information content (AvgIpc) is 3.00. The van der Waals surface area contributed by atoms with Crippen molar-refractivity contribution >= 4 is 23.4 Å². The Morgan fingerprint density at radius 1 is 1.32 bits per heavy atom. The van der Waals surface area contributed by atoms with Gasteiger partial charge in [-0.05, 0) is 48.4 Å². The fourth-order valence-corrected chi connectivity index (χ4v) is 5.09. The van der Waals surface area contributed by atoms with Crippen LogP contribution in [0.3, 0.4) is 0 Å². The van der Waals surface area contributed by atoms with E-state index in [2.05, 4.69) is 36.1 Å². The molecule has 1 aromatic heterocycles. The van der Waals surface area contributed by atoms with Crippen LogP contribution in [0.25, 0.3) is 0 Å². The Kier molecular flexibility index (Phi) is 5.76. The van der Waals surface area contributed by atoms with Gasteiger partial charge in [-0.25, -0.2) is 4.98 Å². The maximum absolute atomic E-state index is 5.99. The highest BCUT2D eigenvalue weighted by atomic mass is 35.5. The van der Waals surface area contributed by atoms with E-state index < -0.39 is 0 Å². The monoisotopic (exact) mass is 379 g/mol. The van der Waals surface area contributed by atoms with E-state index in [1.807, 2.05) is 38.1 Å². The summed E-state index contributed by atoms with van der Waals surface area (Å²) < 4.78 is 7.75. The summed E-state index contributed by atoms with van der Waals surface area (Å²) in [4.78, 5) is 5.81. The van der Waals surface area contributed by atoms with Crippen molar-refractivity contribution in [1.29, 1.82) is 0 Å². The van der Waals surface area contributed by atoms with E-state index in [0.29, 0.717) is 5.92 Å². The Labute approximate surface area is 159 Å². The zero-order chi connectivity index (χ0) is 18.0. The van der Waals surface area contributed by atoms with Gasteiger partial charge in [0.1, 0.15) is 6.33 Å². The largest absolute Gasteiger partial charge is 0.380 e. The molecule has 3 atom stereocenters. The quantitative estimate of drug-likeness (QED) is 0.700. The number of hydrogen-bond donors (Lipinski definition) is 0. The first kappa shape index (κ1) is 18.7. The van der Waals surface area contributed by atoms with E-state index in [1.54, 1.807) is 11.0 Å². The Bertz CT molecular complexity index is 701. The second-order valence-corrected chi connectivity index (χ2v) is 9.04. The molecule has 0 aliphatic heterocycles. The minimum Gasteiger partial charge on any atom is -0.380 e. The van der Waals surface area contributed by atoms with Crippen LogP contribution in [0, 0.1) is 11.3 Å². The number of hydrogen-bond acceptors (Lipinski definition) is 4. The standard InChI is InChI=1S/C19H26ClN3OS/c1-19(2)10-9-13(11-25-15-7-5-14(20)6-8-15)16(17(19)24-4)18-21-12-23(3)22-18/h5-8,12-13,16-17H,9-11H2,1-4H3/t13-,16-,17+/m0/s1. The number of ether oxygens (including phenoxy) is 1. The van der Waals surface area contributed by atoms with Crippen molar-refractivity contribution in [2.75, 3.05) is 12.9 Å². The molecule has 3 rings (SSSR count). The number of aromatic nitrogens is 3. The van der Waals surface area contributed by atoms with Gasteiger partial charge in [0.05, 0.1) is 12.0 Å². The van der Waals surface area contributed by atoms with E-state index in [1.165, 1.54) is 4.90 Å². The molecular formula is C19H26ClN3OS. The Balaban J connectivity index is 1.81. The fourth-order valence-electron chi connectivity index (χ4n) is 3.85. The third-order valence-electron chi connectivity index (χ3n) is 5.21. The lowest BCUT2D eigenvalue weighted by Gasteiger charge is -2.46. The van der Waals surface area contributed by atoms with Gasteiger partial charge in [-0.3, -0.25) is 4.68 Å². The van der Waals surface area contributed by atoms with E-state index in [9.17, 15) is 0 Å². The van der Waals surface area contributed by atoms with Gasteiger partial charge in [0, 0.05) is 29.8 Å². The van der Waals surface area contributed by atoms with Crippen LogP contribution in [-0.4, -0.2) is 33.7 Å². The predicted molar refractivity (Wildman–Crippen MR) is 103 cm³/mol. The molecule has 0 amide bonds. The van der Waals surface area contributed by atoms with E-state index in [4.69, 9.17) is 16.3 Å². The molecule has 0 spiro atoms. The van der Waals surface area contributed by atoms with Crippen molar-refractivity contribution in [2.45, 2.75) is 43.6 Å². The van der Waals surface area contributed by atoms with Crippen molar-refractivity contribution in [2.24, 2.45) is 18.4 Å². The van der Waals surface area contributed by atoms with E-state index in [-0.39, 0.29) is 17.4 Å². The first-order chi connectivity index (χ1) is 11.9. The predicted octanol–water partition coefficient (Wildman–Crippen LogP) is 4.80. The van der Waals surface area contributed by atoms with Crippen molar-refractivity contribution < 1.29 is 4.74 Å². The number of methoxy groups -OCH3 is 1. The van der Waals surface area contributed by atoms with Gasteiger partial charge >= 0.3 is 0 Å². The highest BCUT2D eigenvalue weighted by Gasteiger charge is 2.46. The molecule has 1 saturated carbocycles. The van der Waals surface area contributed by atoms with Gasteiger partial charge in [0.2, 0.25) is 0 Å². The smallest absolute Gasteiger partial charge is 0.156 e. The molecule has 25 heavy (non-hydrogen) atoms. The van der Waals surface area contributed by atoms with E-state index >= 15 is 0 Å². The molecule has 0 radical (unpaired) electrons. The SMILES string of the molecule is CO[C@@H]1[C@@H](c2ncn(C)n2)[C@H](CSc2ccc(Cl)cc2)CCC1(C)C. The summed E-state index contributed by atoms with van der Waals surface area (Å²) in [6, 6.07) is 8.07. The first-order valence-electron chi connectivity index (χ1n) is 8.67. The summed E-state index contributed by atoms with van der Waals surface area (Å²) in [5, 5.41) is 5.39. The number of thioether (sulfide) groups is 1. The number of aryl methyl sites for hydroxylation is 1. The summed E-state index contributed by atoms with van der Waals surface area (Å²) in [6.45, 7) is 4.58. The summed E-state index contributed by atoms with van der Waals surface area (Å²) in [6.07, 6.45) is 4.23. The van der Waals surface area contributed by atoms with Gasteiger partial charge in [-0.2, -0.15) is 5.10 Å². The fraction of sp³-hybridized carbons (Fsp3) is 0.579. The minimum absolute atomic E-state index is 0.125. The highest BCUT2D eigenvalue weighted by Crippen LogP contribution is 2.48. The molecule has 0 N–H and O–H groups in total. The zero-order valence-corrected chi connectivity index (χ0v) is 16.8. The molecule has 1 aliphatic carbocycles. The lowest BCUT2D eigenvalue weighted by atomic mass is 9.65. The molecule has 0 unspecified atom stereocenters. The molecule has 136 valence electrons. The van der Waals surface area contributed by atoms with Crippen LogP contribution < -0.4 is 0 Å². The van der Waals surface area contributed by atoms with Gasteiger partial charge in [0.15, 0.2) is 5.82 Å². The second kappa shape index (κ2) is 7.68. The maximum Gasteiger partial charge on any atom is 0.156 e. The number of halogens is 1. The molecule has 4 nitrogen and oxygen atoms in total. The summed E-state index contributed by atoms with van der Waals surface area (Å²) in [5.41, 5.74) is 0.125. The molecule has 0 bridgehead atoms. The summed E-state index contributed by atoms with van der Waals surface area (Å²) >= 11 is 7.87. The van der Waals surface area contributed by atoms with Crippen LogP contribution in [0.1, 0.15) is 38.4 Å². The third-order valence-corrected chi connectivity index (χ3v) is 6.66. The van der Waals surface area contributed by atoms with Gasteiger partial charge in [-0.1, -0.05) is 25.4 Å². The lowest BCUT2D eigenvalue weighted by molar-refractivity contribution is -0.0564. The van der Waals surface area contributed by atoms with Crippen molar-refractivity contribution in [3.63, 3.8) is 0 Å². The van der Waals surface area contributed by atoms with Crippen LogP contribution in [-0.2, 0) is 11.8 Å². The Morgan fingerprint density at radius 3 is 2.64 bits per heavy atom. The van der Waals surface area contributed by atoms with E-state index in [0.717, 1.165) is 29.4 Å². The Hall–Kier alpha value is -1.04. The molecule has 0 saturated heterocycles. The van der Waals surface area contributed by atoms with Gasteiger partial charge in [0.25, 0.3) is 0 Å². The lowest BCUT2D eigenvalue weighted by Crippen LogP contribution is -2.45. The average molecular weight is 380 g/mol. The highest BCUT2D eigenvalue weighted by molar-refractivity contribution is 7.99. The molecule has 6 heteroatoms. The molecule has 2 aromatic rings. The van der Waals surface area contributed by atoms with Crippen molar-refractivity contribution in [1.82, 2.24) is 14.8 Å². The molecule has 1 aromatic carbocycles. The number of rotatable bonds is 5. The Morgan fingerprint density at radius 2 is 2.04 bits per heavy atom. The number of nitrogens with zero attached hydrogens (tertiary/aromatic N) is 3. The van der Waals surface area contributed by atoms with Crippen molar-refractivity contribution in [3.8, 4) is 0 Å². The van der Waals surface area contributed by atoms with Gasteiger partial charge < -0.3 is 4.74 Å². The molecule has 1 fully saturated rings. The van der Waals surface area contributed by atoms with Crippen LogP contribution in [0.2, 0.25) is 5.02 Å². The molecular weight excluding hydrogens is 354 g/mol. The normalized spacial score (nSPS) is 25.9. The van der Waals surface area contributed by atoms with Crippen LogP contribution in [0.15, 0.2) is 35.5 Å². The van der Waals surface area contributed by atoms with Gasteiger partial charge in [-0.15, -0.1) is 11.8 Å². The van der Waals surface area contributed by atoms with Crippen LogP contribution >= 0.6 is 23.4 Å². The molecule has 1 heterocycles. The second-order valence-electron chi connectivity index (χ2n) is 7.51. The number of benzene rings is 1.